The van der Waals surface area contributed by atoms with Crippen LogP contribution in [0.5, 0.6) is 0 Å². The van der Waals surface area contributed by atoms with E-state index in [1.165, 1.54) is 17.0 Å². The second-order valence-corrected chi connectivity index (χ2v) is 4.20. The normalized spacial score (nSPS) is 15.2. The Morgan fingerprint density at radius 3 is 3.00 bits per heavy atom. The highest BCUT2D eigenvalue weighted by Crippen LogP contribution is 2.27. The third kappa shape index (κ3) is 1.63. The Morgan fingerprint density at radius 1 is 1.38 bits per heavy atom. The molecule has 70 valence electrons. The number of thioether (sulfide) groups is 1. The average molecular weight is 195 g/mol. The molecule has 1 aliphatic rings. The summed E-state index contributed by atoms with van der Waals surface area (Å²) >= 11 is 1.95. The molecular weight excluding hydrogens is 182 g/mol. The van der Waals surface area contributed by atoms with Crippen molar-refractivity contribution in [2.75, 3.05) is 18.1 Å². The van der Waals surface area contributed by atoms with Gasteiger partial charge < -0.3 is 5.32 Å². The molecule has 0 unspecified atom stereocenters. The molecule has 0 atom stereocenters. The first-order valence-corrected chi connectivity index (χ1v) is 5.58. The molecule has 0 aliphatic carbocycles. The monoisotopic (exact) mass is 195 g/mol. The minimum atomic E-state index is 0.870. The number of aromatic nitrogens is 2. The van der Waals surface area contributed by atoms with Crippen LogP contribution in [0.25, 0.3) is 0 Å². The fraction of sp³-hybridized carbons (Fsp3) is 0.556. The second kappa shape index (κ2) is 3.54. The van der Waals surface area contributed by atoms with Crippen LogP contribution >= 0.6 is 11.8 Å². The van der Waals surface area contributed by atoms with Crippen molar-refractivity contribution in [3.8, 4) is 0 Å². The topological polar surface area (TPSA) is 37.8 Å². The third-order valence-corrected chi connectivity index (χ3v) is 3.16. The standard InChI is InChI=1S/C9H13N3S/c1-6-11-8-3-4-13-5-7(8)9(10-2)12-6/h3-5H2,1-2H3,(H,10,11,12). The van der Waals surface area contributed by atoms with Crippen LogP contribution in [0.4, 0.5) is 5.82 Å². The first-order valence-electron chi connectivity index (χ1n) is 4.43. The molecule has 1 aromatic heterocycles. The molecule has 0 spiro atoms. The predicted octanol–water partition coefficient (Wildman–Crippen LogP) is 1.62. The van der Waals surface area contributed by atoms with E-state index in [9.17, 15) is 0 Å². The molecule has 0 saturated carbocycles. The van der Waals surface area contributed by atoms with Gasteiger partial charge in [-0.2, -0.15) is 11.8 Å². The van der Waals surface area contributed by atoms with E-state index in [-0.39, 0.29) is 0 Å². The lowest BCUT2D eigenvalue weighted by Gasteiger charge is -2.17. The van der Waals surface area contributed by atoms with E-state index in [0.717, 1.165) is 23.8 Å². The molecule has 1 N–H and O–H groups in total. The van der Waals surface area contributed by atoms with Crippen LogP contribution in [0, 0.1) is 6.92 Å². The van der Waals surface area contributed by atoms with Gasteiger partial charge in [0.1, 0.15) is 11.6 Å². The second-order valence-electron chi connectivity index (χ2n) is 3.10. The summed E-state index contributed by atoms with van der Waals surface area (Å²) in [6, 6.07) is 0. The average Bonchev–Trinajstić information content (AvgIpc) is 2.16. The molecule has 0 amide bonds. The first kappa shape index (κ1) is 8.81. The molecule has 0 radical (unpaired) electrons. The summed E-state index contributed by atoms with van der Waals surface area (Å²) in [6.45, 7) is 1.95. The highest BCUT2D eigenvalue weighted by molar-refractivity contribution is 7.98. The van der Waals surface area contributed by atoms with E-state index in [1.807, 2.05) is 25.7 Å². The van der Waals surface area contributed by atoms with Gasteiger partial charge in [0, 0.05) is 18.4 Å². The first-order chi connectivity index (χ1) is 6.31. The number of hydrogen-bond donors (Lipinski definition) is 1. The number of fused-ring (bicyclic) bond motifs is 1. The van der Waals surface area contributed by atoms with Gasteiger partial charge in [0.15, 0.2) is 0 Å². The van der Waals surface area contributed by atoms with Gasteiger partial charge in [0.2, 0.25) is 0 Å². The quantitative estimate of drug-likeness (QED) is 0.739. The smallest absolute Gasteiger partial charge is 0.133 e. The SMILES string of the molecule is CNc1nc(C)nc2c1CSCC2. The molecule has 4 heteroatoms. The van der Waals surface area contributed by atoms with E-state index in [2.05, 4.69) is 15.3 Å². The van der Waals surface area contributed by atoms with E-state index in [1.54, 1.807) is 0 Å². The molecule has 0 fully saturated rings. The van der Waals surface area contributed by atoms with Gasteiger partial charge in [0.25, 0.3) is 0 Å². The number of aryl methyl sites for hydroxylation is 2. The Hall–Kier alpha value is -0.770. The van der Waals surface area contributed by atoms with Gasteiger partial charge in [0.05, 0.1) is 5.69 Å². The van der Waals surface area contributed by atoms with Crippen molar-refractivity contribution in [2.24, 2.45) is 0 Å². The summed E-state index contributed by atoms with van der Waals surface area (Å²) < 4.78 is 0. The predicted molar refractivity (Wildman–Crippen MR) is 56.2 cm³/mol. The number of anilines is 1. The summed E-state index contributed by atoms with van der Waals surface area (Å²) in [6.07, 6.45) is 1.08. The Kier molecular flexibility index (Phi) is 2.40. The zero-order valence-electron chi connectivity index (χ0n) is 7.92. The molecule has 1 aliphatic heterocycles. The zero-order chi connectivity index (χ0) is 9.26. The number of rotatable bonds is 1. The van der Waals surface area contributed by atoms with Gasteiger partial charge in [-0.05, 0) is 19.1 Å². The van der Waals surface area contributed by atoms with Crippen molar-refractivity contribution >= 4 is 17.6 Å². The fourth-order valence-corrected chi connectivity index (χ4v) is 2.55. The minimum absolute atomic E-state index is 0.870. The summed E-state index contributed by atoms with van der Waals surface area (Å²) in [5.41, 5.74) is 2.53. The van der Waals surface area contributed by atoms with Gasteiger partial charge in [-0.3, -0.25) is 0 Å². The van der Waals surface area contributed by atoms with Crippen LogP contribution in [0.2, 0.25) is 0 Å². The zero-order valence-corrected chi connectivity index (χ0v) is 8.74. The highest BCUT2D eigenvalue weighted by atomic mass is 32.2. The Bertz CT molecular complexity index is 308. The molecule has 3 nitrogen and oxygen atoms in total. The summed E-state index contributed by atoms with van der Waals surface area (Å²) in [7, 11) is 1.92. The molecule has 1 aromatic rings. The molecule has 0 bridgehead atoms. The maximum Gasteiger partial charge on any atom is 0.133 e. The summed E-state index contributed by atoms with van der Waals surface area (Å²) in [5, 5.41) is 3.13. The fourth-order valence-electron chi connectivity index (χ4n) is 1.56. The van der Waals surface area contributed by atoms with E-state index >= 15 is 0 Å². The van der Waals surface area contributed by atoms with Gasteiger partial charge in [-0.25, -0.2) is 9.97 Å². The molecular formula is C9H13N3S. The van der Waals surface area contributed by atoms with Crippen molar-refractivity contribution in [1.29, 1.82) is 0 Å². The van der Waals surface area contributed by atoms with Crippen molar-refractivity contribution < 1.29 is 0 Å². The largest absolute Gasteiger partial charge is 0.373 e. The van der Waals surface area contributed by atoms with Crippen molar-refractivity contribution in [3.63, 3.8) is 0 Å². The van der Waals surface area contributed by atoms with Gasteiger partial charge >= 0.3 is 0 Å². The summed E-state index contributed by atoms with van der Waals surface area (Å²) in [5.74, 6) is 4.11. The van der Waals surface area contributed by atoms with E-state index in [0.29, 0.717) is 0 Å². The van der Waals surface area contributed by atoms with Crippen LogP contribution in [0.15, 0.2) is 0 Å². The molecule has 13 heavy (non-hydrogen) atoms. The third-order valence-electron chi connectivity index (χ3n) is 2.17. The molecule has 2 rings (SSSR count). The lowest BCUT2D eigenvalue weighted by atomic mass is 10.2. The molecule has 0 saturated heterocycles. The van der Waals surface area contributed by atoms with Crippen LogP contribution in [-0.4, -0.2) is 22.8 Å². The van der Waals surface area contributed by atoms with E-state index < -0.39 is 0 Å². The Labute approximate surface area is 82.4 Å². The van der Waals surface area contributed by atoms with Crippen LogP contribution in [0.3, 0.4) is 0 Å². The summed E-state index contributed by atoms with van der Waals surface area (Å²) in [4.78, 5) is 8.83. The van der Waals surface area contributed by atoms with Crippen LogP contribution < -0.4 is 5.32 Å². The molecule has 0 aromatic carbocycles. The van der Waals surface area contributed by atoms with Gasteiger partial charge in [-0.15, -0.1) is 0 Å². The number of hydrogen-bond acceptors (Lipinski definition) is 4. The van der Waals surface area contributed by atoms with Crippen molar-refractivity contribution in [1.82, 2.24) is 9.97 Å². The maximum absolute atomic E-state index is 4.46. The number of nitrogens with one attached hydrogen (secondary N) is 1. The maximum atomic E-state index is 4.46. The molecule has 2 heterocycles. The van der Waals surface area contributed by atoms with Crippen molar-refractivity contribution in [3.05, 3.63) is 17.1 Å². The van der Waals surface area contributed by atoms with Crippen LogP contribution in [0.1, 0.15) is 17.1 Å². The van der Waals surface area contributed by atoms with Gasteiger partial charge in [-0.1, -0.05) is 0 Å². The van der Waals surface area contributed by atoms with Crippen LogP contribution in [-0.2, 0) is 12.2 Å². The Balaban J connectivity index is 2.50. The lowest BCUT2D eigenvalue weighted by Crippen LogP contribution is -2.11. The lowest BCUT2D eigenvalue weighted by molar-refractivity contribution is 0.916. The van der Waals surface area contributed by atoms with Crippen molar-refractivity contribution in [2.45, 2.75) is 19.1 Å². The highest BCUT2D eigenvalue weighted by Gasteiger charge is 2.15. The minimum Gasteiger partial charge on any atom is -0.373 e. The van der Waals surface area contributed by atoms with E-state index in [4.69, 9.17) is 0 Å². The Morgan fingerprint density at radius 2 is 2.23 bits per heavy atom. The number of nitrogens with zero attached hydrogens (tertiary/aromatic N) is 2.